The number of aliphatic hydroxyl groups is 2. The van der Waals surface area contributed by atoms with Crippen molar-refractivity contribution in [2.24, 2.45) is 11.3 Å². The molecular weight excluding hydrogens is 394 g/mol. The van der Waals surface area contributed by atoms with E-state index in [0.29, 0.717) is 29.2 Å². The fourth-order valence-electron chi connectivity index (χ4n) is 4.99. The second kappa shape index (κ2) is 6.87. The van der Waals surface area contributed by atoms with Gasteiger partial charge in [0.05, 0.1) is 23.9 Å². The molecule has 1 aromatic carbocycles. The van der Waals surface area contributed by atoms with Gasteiger partial charge >= 0.3 is 0 Å². The summed E-state index contributed by atoms with van der Waals surface area (Å²) < 4.78 is 1.76. The highest BCUT2D eigenvalue weighted by atomic mass is 16.3. The van der Waals surface area contributed by atoms with Gasteiger partial charge in [0.25, 0.3) is 0 Å². The van der Waals surface area contributed by atoms with E-state index in [1.165, 1.54) is 6.92 Å². The molecule has 8 heteroatoms. The maximum atomic E-state index is 12.2. The second-order valence-electron chi connectivity index (χ2n) is 8.42. The van der Waals surface area contributed by atoms with E-state index < -0.39 is 23.7 Å². The molecule has 8 nitrogen and oxygen atoms in total. The van der Waals surface area contributed by atoms with Crippen molar-refractivity contribution in [3.63, 3.8) is 0 Å². The lowest BCUT2D eigenvalue weighted by atomic mass is 9.95. The SMILES string of the molecule is CNc1nc(C#Cc2cccc(C)c2)nc2c1ncn2[C@@H]1C2C[C@@]2(C(C)=O)C(O)[C@H]1O. The maximum Gasteiger partial charge on any atom is 0.209 e. The molecule has 3 aromatic rings. The summed E-state index contributed by atoms with van der Waals surface area (Å²) in [4.78, 5) is 25.7. The molecule has 2 aromatic heterocycles. The number of Topliss-reactive ketones (excluding diaryl/α,β-unsaturated/α-hetero) is 1. The topological polar surface area (TPSA) is 113 Å². The fraction of sp³-hybridized carbons (Fsp3) is 0.391. The number of benzene rings is 1. The molecule has 2 heterocycles. The van der Waals surface area contributed by atoms with Crippen molar-refractivity contribution in [3.05, 3.63) is 47.5 Å². The number of anilines is 1. The largest absolute Gasteiger partial charge is 0.389 e. The zero-order valence-electron chi connectivity index (χ0n) is 17.5. The normalized spacial score (nSPS) is 28.7. The van der Waals surface area contributed by atoms with Crippen LogP contribution in [-0.4, -0.2) is 54.8 Å². The maximum absolute atomic E-state index is 12.2. The van der Waals surface area contributed by atoms with E-state index in [1.807, 2.05) is 31.2 Å². The molecule has 0 spiro atoms. The van der Waals surface area contributed by atoms with Gasteiger partial charge in [-0.2, -0.15) is 0 Å². The van der Waals surface area contributed by atoms with Crippen molar-refractivity contribution < 1.29 is 15.0 Å². The average Bonchev–Trinajstić information content (AvgIpc) is 3.30. The summed E-state index contributed by atoms with van der Waals surface area (Å²) in [6, 6.07) is 7.37. The number of fused-ring (bicyclic) bond motifs is 2. The summed E-state index contributed by atoms with van der Waals surface area (Å²) in [7, 11) is 1.74. The predicted octanol–water partition coefficient (Wildman–Crippen LogP) is 1.45. The number of carbonyl (C=O) groups is 1. The summed E-state index contributed by atoms with van der Waals surface area (Å²) in [5.41, 5.74) is 2.17. The smallest absolute Gasteiger partial charge is 0.209 e. The summed E-state index contributed by atoms with van der Waals surface area (Å²) >= 11 is 0. The van der Waals surface area contributed by atoms with E-state index in [1.54, 1.807) is 17.9 Å². The van der Waals surface area contributed by atoms with Gasteiger partial charge in [-0.25, -0.2) is 15.0 Å². The first-order valence-electron chi connectivity index (χ1n) is 10.2. The van der Waals surface area contributed by atoms with E-state index in [-0.39, 0.29) is 11.7 Å². The number of hydrogen-bond acceptors (Lipinski definition) is 7. The van der Waals surface area contributed by atoms with Crippen LogP contribution in [0.3, 0.4) is 0 Å². The molecule has 2 fully saturated rings. The lowest BCUT2D eigenvalue weighted by Crippen LogP contribution is -2.36. The number of nitrogens with one attached hydrogen (secondary N) is 1. The molecule has 0 saturated heterocycles. The number of aliphatic hydroxyl groups excluding tert-OH is 2. The lowest BCUT2D eigenvalue weighted by Gasteiger charge is -2.23. The average molecular weight is 417 g/mol. The molecular formula is C23H23N5O3. The zero-order chi connectivity index (χ0) is 21.9. The molecule has 158 valence electrons. The van der Waals surface area contributed by atoms with Crippen molar-refractivity contribution in [2.75, 3.05) is 12.4 Å². The molecule has 0 amide bonds. The van der Waals surface area contributed by atoms with Gasteiger partial charge in [-0.3, -0.25) is 4.79 Å². The summed E-state index contributed by atoms with van der Waals surface area (Å²) in [5, 5.41) is 24.4. The van der Waals surface area contributed by atoms with Crippen LogP contribution in [0.1, 0.15) is 36.3 Å². The monoisotopic (exact) mass is 417 g/mol. The standard InChI is InChI=1S/C23H23N5O3/c1-12-5-4-6-14(9-12)7-8-16-26-21(24-3)17-22(27-16)28(11-25-17)18-15-10-23(15,13(2)29)20(31)19(18)30/h4-6,9,11,15,18-20,30-31H,10H2,1-3H3,(H,24,26,27)/t15?,18-,19+,20?,23+/m1/s1. The molecule has 0 bridgehead atoms. The Balaban J connectivity index is 1.59. The Bertz CT molecular complexity index is 1270. The van der Waals surface area contributed by atoms with Gasteiger partial charge in [-0.1, -0.05) is 18.1 Å². The van der Waals surface area contributed by atoms with Crippen LogP contribution in [0.5, 0.6) is 0 Å². The number of imidazole rings is 1. The second-order valence-corrected chi connectivity index (χ2v) is 8.42. The third kappa shape index (κ3) is 2.85. The Hall–Kier alpha value is -3.28. The molecule has 31 heavy (non-hydrogen) atoms. The van der Waals surface area contributed by atoms with Gasteiger partial charge in [-0.05, 0) is 49.8 Å². The van der Waals surface area contributed by atoms with Crippen LogP contribution in [0.25, 0.3) is 11.2 Å². The number of aryl methyl sites for hydroxylation is 1. The Morgan fingerprint density at radius 3 is 2.77 bits per heavy atom. The predicted molar refractivity (Wildman–Crippen MR) is 114 cm³/mol. The third-order valence-electron chi connectivity index (χ3n) is 6.64. The molecule has 5 atom stereocenters. The highest BCUT2D eigenvalue weighted by Gasteiger charge is 2.74. The first-order valence-corrected chi connectivity index (χ1v) is 10.2. The summed E-state index contributed by atoms with van der Waals surface area (Å²) in [5.74, 6) is 6.70. The van der Waals surface area contributed by atoms with Crippen LogP contribution in [0, 0.1) is 30.1 Å². The van der Waals surface area contributed by atoms with Crippen LogP contribution in [0.15, 0.2) is 30.6 Å². The van der Waals surface area contributed by atoms with E-state index in [9.17, 15) is 15.0 Å². The summed E-state index contributed by atoms with van der Waals surface area (Å²) in [6.45, 7) is 3.48. The molecule has 5 rings (SSSR count). The van der Waals surface area contributed by atoms with E-state index in [4.69, 9.17) is 0 Å². The van der Waals surface area contributed by atoms with Gasteiger partial charge < -0.3 is 20.1 Å². The molecule has 2 saturated carbocycles. The summed E-state index contributed by atoms with van der Waals surface area (Å²) in [6.07, 6.45) is -0.0272. The molecule has 0 radical (unpaired) electrons. The van der Waals surface area contributed by atoms with Gasteiger partial charge in [0, 0.05) is 12.6 Å². The van der Waals surface area contributed by atoms with Crippen LogP contribution >= 0.6 is 0 Å². The van der Waals surface area contributed by atoms with Crippen LogP contribution in [0.4, 0.5) is 5.82 Å². The van der Waals surface area contributed by atoms with Gasteiger partial charge in [0.2, 0.25) is 5.82 Å². The van der Waals surface area contributed by atoms with Crippen molar-refractivity contribution in [2.45, 2.75) is 38.5 Å². The van der Waals surface area contributed by atoms with Crippen molar-refractivity contribution >= 4 is 22.8 Å². The van der Waals surface area contributed by atoms with E-state index in [2.05, 4.69) is 32.1 Å². The van der Waals surface area contributed by atoms with E-state index >= 15 is 0 Å². The van der Waals surface area contributed by atoms with Crippen molar-refractivity contribution in [1.29, 1.82) is 0 Å². The van der Waals surface area contributed by atoms with Crippen molar-refractivity contribution in [1.82, 2.24) is 19.5 Å². The van der Waals surface area contributed by atoms with E-state index in [0.717, 1.165) is 11.1 Å². The molecule has 3 N–H and O–H groups in total. The van der Waals surface area contributed by atoms with Crippen molar-refractivity contribution in [3.8, 4) is 11.8 Å². The van der Waals surface area contributed by atoms with Crippen LogP contribution < -0.4 is 5.32 Å². The molecule has 2 aliphatic rings. The van der Waals surface area contributed by atoms with Crippen LogP contribution in [-0.2, 0) is 4.79 Å². The third-order valence-corrected chi connectivity index (χ3v) is 6.64. The molecule has 0 aliphatic heterocycles. The minimum absolute atomic E-state index is 0.0915. The highest BCUT2D eigenvalue weighted by Crippen LogP contribution is 2.68. The number of nitrogens with zero attached hydrogens (tertiary/aromatic N) is 4. The number of ketones is 1. The highest BCUT2D eigenvalue weighted by molar-refractivity contribution is 5.88. The minimum Gasteiger partial charge on any atom is -0.389 e. The lowest BCUT2D eigenvalue weighted by molar-refractivity contribution is -0.128. The zero-order valence-corrected chi connectivity index (χ0v) is 17.5. The number of aromatic nitrogens is 4. The Kier molecular flexibility index (Phi) is 4.36. The Morgan fingerprint density at radius 1 is 1.29 bits per heavy atom. The Morgan fingerprint density at radius 2 is 2.10 bits per heavy atom. The molecule has 2 aliphatic carbocycles. The number of hydrogen-bond donors (Lipinski definition) is 3. The molecule has 2 unspecified atom stereocenters. The van der Waals surface area contributed by atoms with Gasteiger partial charge in [-0.15, -0.1) is 0 Å². The number of rotatable bonds is 3. The van der Waals surface area contributed by atoms with Gasteiger partial charge in [0.15, 0.2) is 17.0 Å². The minimum atomic E-state index is -1.09. The first kappa shape index (κ1) is 19.7. The van der Waals surface area contributed by atoms with Gasteiger partial charge in [0.1, 0.15) is 11.9 Å². The first-order chi connectivity index (χ1) is 14.9. The Labute approximate surface area is 179 Å². The quantitative estimate of drug-likeness (QED) is 0.553. The number of carbonyl (C=O) groups excluding carboxylic acids is 1. The fourth-order valence-corrected chi connectivity index (χ4v) is 4.99. The van der Waals surface area contributed by atoms with Crippen LogP contribution in [0.2, 0.25) is 0 Å².